The highest BCUT2D eigenvalue weighted by molar-refractivity contribution is 6.41. The van der Waals surface area contributed by atoms with Crippen LogP contribution in [-0.4, -0.2) is 20.2 Å². The molecule has 0 N–H and O–H groups in total. The molecule has 0 saturated heterocycles. The molecule has 0 radical (unpaired) electrons. The first kappa shape index (κ1) is 8.30. The van der Waals surface area contributed by atoms with Crippen LogP contribution in [0.15, 0.2) is 11.3 Å². The summed E-state index contributed by atoms with van der Waals surface area (Å²) in [6.07, 6.45) is 1.10. The third kappa shape index (κ3) is 2.98. The van der Waals surface area contributed by atoms with E-state index in [4.69, 9.17) is 11.6 Å². The predicted molar refractivity (Wildman–Crippen MR) is 33.0 cm³/mol. The quantitative estimate of drug-likeness (QED) is 0.333. The second-order valence-corrected chi connectivity index (χ2v) is 1.60. The van der Waals surface area contributed by atoms with Crippen molar-refractivity contribution < 1.29 is 14.3 Å². The minimum atomic E-state index is -0.599. The van der Waals surface area contributed by atoms with Gasteiger partial charge in [-0.1, -0.05) is 11.6 Å². The molecule has 0 aromatic rings. The minimum absolute atomic E-state index is 0.0694. The van der Waals surface area contributed by atoms with E-state index >= 15 is 0 Å². The Hall–Kier alpha value is -0.700. The number of hydrogen-bond acceptors (Lipinski definition) is 3. The summed E-state index contributed by atoms with van der Waals surface area (Å²) >= 11 is 5.29. The van der Waals surface area contributed by atoms with Crippen molar-refractivity contribution in [3.05, 3.63) is 11.3 Å². The fraction of sp³-hybridized carbons (Fsp3) is 0.400. The van der Waals surface area contributed by atoms with Crippen LogP contribution in [-0.2, 0) is 14.3 Å². The Balaban J connectivity index is 3.86. The van der Waals surface area contributed by atoms with Crippen LogP contribution in [0.2, 0.25) is 0 Å². The third-order valence-electron chi connectivity index (χ3n) is 0.602. The smallest absolute Gasteiger partial charge is 0.352 e. The third-order valence-corrected chi connectivity index (χ3v) is 0.845. The Kier molecular flexibility index (Phi) is 3.88. The SMILES string of the molecule is COC=C(Cl)C(=O)OC. The van der Waals surface area contributed by atoms with Crippen LogP contribution in [0.5, 0.6) is 0 Å². The number of carbonyl (C=O) groups is 1. The van der Waals surface area contributed by atoms with Gasteiger partial charge in [0.25, 0.3) is 0 Å². The monoisotopic (exact) mass is 150 g/mol. The zero-order chi connectivity index (χ0) is 7.28. The van der Waals surface area contributed by atoms with Crippen LogP contribution in [0.3, 0.4) is 0 Å². The number of esters is 1. The van der Waals surface area contributed by atoms with Crippen molar-refractivity contribution in [3.63, 3.8) is 0 Å². The first-order valence-corrected chi connectivity index (χ1v) is 2.57. The molecule has 0 bridgehead atoms. The molecule has 0 spiro atoms. The van der Waals surface area contributed by atoms with Gasteiger partial charge in [-0.2, -0.15) is 0 Å². The van der Waals surface area contributed by atoms with E-state index in [1.54, 1.807) is 0 Å². The Morgan fingerprint density at radius 1 is 1.56 bits per heavy atom. The molecule has 0 saturated carbocycles. The summed E-state index contributed by atoms with van der Waals surface area (Å²) in [6, 6.07) is 0. The van der Waals surface area contributed by atoms with Crippen molar-refractivity contribution in [1.82, 2.24) is 0 Å². The highest BCUT2D eigenvalue weighted by Crippen LogP contribution is 2.01. The van der Waals surface area contributed by atoms with Gasteiger partial charge in [-0.15, -0.1) is 0 Å². The van der Waals surface area contributed by atoms with Gasteiger partial charge in [-0.25, -0.2) is 4.79 Å². The molecule has 4 heteroatoms. The van der Waals surface area contributed by atoms with Crippen molar-refractivity contribution >= 4 is 17.6 Å². The number of halogens is 1. The van der Waals surface area contributed by atoms with Gasteiger partial charge < -0.3 is 9.47 Å². The summed E-state index contributed by atoms with van der Waals surface area (Å²) in [7, 11) is 2.64. The fourth-order valence-electron chi connectivity index (χ4n) is 0.249. The molecule has 0 aromatic heterocycles. The zero-order valence-corrected chi connectivity index (χ0v) is 5.94. The second-order valence-electron chi connectivity index (χ2n) is 1.19. The van der Waals surface area contributed by atoms with Crippen LogP contribution in [0.4, 0.5) is 0 Å². The van der Waals surface area contributed by atoms with Gasteiger partial charge in [0.1, 0.15) is 6.26 Å². The van der Waals surface area contributed by atoms with E-state index < -0.39 is 5.97 Å². The zero-order valence-electron chi connectivity index (χ0n) is 5.18. The molecule has 0 heterocycles. The van der Waals surface area contributed by atoms with Gasteiger partial charge in [0, 0.05) is 0 Å². The number of methoxy groups -OCH3 is 2. The van der Waals surface area contributed by atoms with E-state index in [1.807, 2.05) is 0 Å². The number of hydrogen-bond donors (Lipinski definition) is 0. The lowest BCUT2D eigenvalue weighted by Gasteiger charge is -1.93. The number of rotatable bonds is 2. The Labute approximate surface area is 58.2 Å². The van der Waals surface area contributed by atoms with E-state index in [-0.39, 0.29) is 5.03 Å². The van der Waals surface area contributed by atoms with E-state index in [0.29, 0.717) is 0 Å². The summed E-state index contributed by atoms with van der Waals surface area (Å²) < 4.78 is 8.68. The predicted octanol–water partition coefficient (Wildman–Crippen LogP) is 0.886. The molecule has 0 aromatic carbocycles. The van der Waals surface area contributed by atoms with Crippen molar-refractivity contribution in [2.45, 2.75) is 0 Å². The van der Waals surface area contributed by atoms with E-state index in [9.17, 15) is 4.79 Å². The molecule has 52 valence electrons. The maximum absolute atomic E-state index is 10.4. The molecule has 0 amide bonds. The van der Waals surface area contributed by atoms with E-state index in [2.05, 4.69) is 9.47 Å². The van der Waals surface area contributed by atoms with Gasteiger partial charge >= 0.3 is 5.97 Å². The largest absolute Gasteiger partial charge is 0.503 e. The Morgan fingerprint density at radius 2 is 2.11 bits per heavy atom. The number of ether oxygens (including phenoxy) is 2. The lowest BCUT2D eigenvalue weighted by atomic mass is 10.6. The molecule has 0 unspecified atom stereocenters. The molecule has 0 fully saturated rings. The minimum Gasteiger partial charge on any atom is -0.503 e. The molecule has 9 heavy (non-hydrogen) atoms. The number of carbonyl (C=O) groups excluding carboxylic acids is 1. The Bertz CT molecular complexity index is 130. The summed E-state index contributed by atoms with van der Waals surface area (Å²) in [5.41, 5.74) is 0. The van der Waals surface area contributed by atoms with Crippen molar-refractivity contribution in [1.29, 1.82) is 0 Å². The maximum Gasteiger partial charge on any atom is 0.352 e. The van der Waals surface area contributed by atoms with Gasteiger partial charge in [-0.05, 0) is 0 Å². The molecule has 0 aliphatic heterocycles. The normalized spacial score (nSPS) is 10.8. The highest BCUT2D eigenvalue weighted by Gasteiger charge is 2.04. The second kappa shape index (κ2) is 4.21. The topological polar surface area (TPSA) is 35.5 Å². The van der Waals surface area contributed by atoms with E-state index in [0.717, 1.165) is 6.26 Å². The lowest BCUT2D eigenvalue weighted by Crippen LogP contribution is -1.99. The summed E-state index contributed by atoms with van der Waals surface area (Å²) in [6.45, 7) is 0. The van der Waals surface area contributed by atoms with Crippen molar-refractivity contribution in [3.8, 4) is 0 Å². The average Bonchev–Trinajstić information content (AvgIpc) is 1.87. The average molecular weight is 151 g/mol. The first-order chi connectivity index (χ1) is 4.22. The van der Waals surface area contributed by atoms with Gasteiger partial charge in [-0.3, -0.25) is 0 Å². The molecule has 0 atom stereocenters. The maximum atomic E-state index is 10.4. The molecule has 0 aliphatic rings. The van der Waals surface area contributed by atoms with Crippen LogP contribution in [0, 0.1) is 0 Å². The molecular formula is C5H7ClO3. The van der Waals surface area contributed by atoms with Crippen molar-refractivity contribution in [2.24, 2.45) is 0 Å². The van der Waals surface area contributed by atoms with Gasteiger partial charge in [0.2, 0.25) is 0 Å². The van der Waals surface area contributed by atoms with Crippen LogP contribution >= 0.6 is 11.6 Å². The molecular weight excluding hydrogens is 144 g/mol. The Morgan fingerprint density at radius 3 is 2.44 bits per heavy atom. The summed E-state index contributed by atoms with van der Waals surface area (Å²) in [4.78, 5) is 10.4. The standard InChI is InChI=1S/C5H7ClO3/c1-8-3-4(6)5(7)9-2/h3H,1-2H3. The molecule has 3 nitrogen and oxygen atoms in total. The molecule has 0 aliphatic carbocycles. The van der Waals surface area contributed by atoms with Crippen LogP contribution < -0.4 is 0 Å². The lowest BCUT2D eigenvalue weighted by molar-refractivity contribution is -0.135. The summed E-state index contributed by atoms with van der Waals surface area (Å²) in [5, 5.41) is -0.0694. The first-order valence-electron chi connectivity index (χ1n) is 2.19. The van der Waals surface area contributed by atoms with Crippen molar-refractivity contribution in [2.75, 3.05) is 14.2 Å². The van der Waals surface area contributed by atoms with Gasteiger partial charge in [0.05, 0.1) is 14.2 Å². The van der Waals surface area contributed by atoms with Crippen LogP contribution in [0.1, 0.15) is 0 Å². The van der Waals surface area contributed by atoms with Gasteiger partial charge in [0.15, 0.2) is 5.03 Å². The van der Waals surface area contributed by atoms with Crippen LogP contribution in [0.25, 0.3) is 0 Å². The highest BCUT2D eigenvalue weighted by atomic mass is 35.5. The summed E-state index contributed by atoms with van der Waals surface area (Å²) in [5.74, 6) is -0.599. The van der Waals surface area contributed by atoms with E-state index in [1.165, 1.54) is 14.2 Å². The fourth-order valence-corrected chi connectivity index (χ4v) is 0.415. The molecule has 0 rings (SSSR count).